The van der Waals surface area contributed by atoms with Gasteiger partial charge in [0, 0.05) is 24.9 Å². The Morgan fingerprint density at radius 2 is 2.24 bits per heavy atom. The molecule has 0 amide bonds. The highest BCUT2D eigenvalue weighted by molar-refractivity contribution is 5.14. The van der Waals surface area contributed by atoms with E-state index in [4.69, 9.17) is 0 Å². The molecule has 17 heavy (non-hydrogen) atoms. The Hall–Kier alpha value is -1.68. The standard InChI is InChI=1S/C13H15N3O/c17-13(6-10-2-1-5-14-7-10)12-8-15-9-16(12)11-3-4-11/h1-2,5,7-9,11,13,17H,3-4,6H2. The second-order valence-corrected chi connectivity index (χ2v) is 4.54. The predicted molar refractivity (Wildman–Crippen MR) is 63.4 cm³/mol. The Labute approximate surface area is 100.0 Å². The molecule has 0 aliphatic heterocycles. The molecule has 1 aliphatic carbocycles. The minimum absolute atomic E-state index is 0.498. The molecule has 2 heterocycles. The average molecular weight is 229 g/mol. The summed E-state index contributed by atoms with van der Waals surface area (Å²) in [6.45, 7) is 0. The van der Waals surface area contributed by atoms with E-state index in [0.29, 0.717) is 12.5 Å². The number of rotatable bonds is 4. The zero-order valence-electron chi connectivity index (χ0n) is 9.53. The van der Waals surface area contributed by atoms with Crippen molar-refractivity contribution in [3.8, 4) is 0 Å². The Morgan fingerprint density at radius 1 is 1.35 bits per heavy atom. The highest BCUT2D eigenvalue weighted by Crippen LogP contribution is 2.37. The van der Waals surface area contributed by atoms with E-state index in [9.17, 15) is 5.11 Å². The van der Waals surface area contributed by atoms with Crippen LogP contribution in [-0.4, -0.2) is 19.6 Å². The van der Waals surface area contributed by atoms with Crippen LogP contribution >= 0.6 is 0 Å². The lowest BCUT2D eigenvalue weighted by atomic mass is 10.1. The van der Waals surface area contributed by atoms with Crippen LogP contribution in [-0.2, 0) is 6.42 Å². The van der Waals surface area contributed by atoms with Crippen LogP contribution in [0.5, 0.6) is 0 Å². The highest BCUT2D eigenvalue weighted by atomic mass is 16.3. The van der Waals surface area contributed by atoms with E-state index in [1.165, 1.54) is 12.8 Å². The summed E-state index contributed by atoms with van der Waals surface area (Å²) in [6, 6.07) is 4.42. The molecular weight excluding hydrogens is 214 g/mol. The molecule has 1 fully saturated rings. The van der Waals surface area contributed by atoms with Crippen molar-refractivity contribution in [1.82, 2.24) is 14.5 Å². The van der Waals surface area contributed by atoms with Crippen LogP contribution in [0, 0.1) is 0 Å². The summed E-state index contributed by atoms with van der Waals surface area (Å²) in [6.07, 6.45) is 9.60. The van der Waals surface area contributed by atoms with Crippen LogP contribution in [0.3, 0.4) is 0 Å². The maximum absolute atomic E-state index is 10.2. The first kappa shape index (κ1) is 10.5. The summed E-state index contributed by atoms with van der Waals surface area (Å²) in [5, 5.41) is 10.2. The lowest BCUT2D eigenvalue weighted by molar-refractivity contribution is 0.168. The number of aromatic nitrogens is 3. The first-order valence-corrected chi connectivity index (χ1v) is 5.93. The van der Waals surface area contributed by atoms with Gasteiger partial charge in [0.2, 0.25) is 0 Å². The number of hydrogen-bond donors (Lipinski definition) is 1. The molecule has 0 bridgehead atoms. The van der Waals surface area contributed by atoms with Gasteiger partial charge in [-0.1, -0.05) is 6.07 Å². The van der Waals surface area contributed by atoms with Crippen LogP contribution in [0.4, 0.5) is 0 Å². The molecule has 0 radical (unpaired) electrons. The van der Waals surface area contributed by atoms with Gasteiger partial charge in [0.05, 0.1) is 24.3 Å². The van der Waals surface area contributed by atoms with E-state index in [2.05, 4.69) is 14.5 Å². The van der Waals surface area contributed by atoms with E-state index in [1.54, 1.807) is 18.6 Å². The van der Waals surface area contributed by atoms with E-state index < -0.39 is 6.10 Å². The Balaban J connectivity index is 1.77. The lowest BCUT2D eigenvalue weighted by Crippen LogP contribution is -2.08. The first-order chi connectivity index (χ1) is 8.34. The Morgan fingerprint density at radius 3 is 2.94 bits per heavy atom. The minimum atomic E-state index is -0.498. The molecule has 1 N–H and O–H groups in total. The molecule has 1 aliphatic rings. The minimum Gasteiger partial charge on any atom is -0.386 e. The van der Waals surface area contributed by atoms with Crippen molar-refractivity contribution in [3.63, 3.8) is 0 Å². The summed E-state index contributed by atoms with van der Waals surface area (Å²) < 4.78 is 2.10. The van der Waals surface area contributed by atoms with Crippen molar-refractivity contribution in [2.75, 3.05) is 0 Å². The van der Waals surface area contributed by atoms with Crippen molar-refractivity contribution in [1.29, 1.82) is 0 Å². The quantitative estimate of drug-likeness (QED) is 0.871. The summed E-state index contributed by atoms with van der Waals surface area (Å²) in [4.78, 5) is 8.19. The third-order valence-corrected chi connectivity index (χ3v) is 3.13. The number of aliphatic hydroxyl groups excluding tert-OH is 1. The van der Waals surface area contributed by atoms with E-state index in [0.717, 1.165) is 11.3 Å². The third kappa shape index (κ3) is 2.22. The highest BCUT2D eigenvalue weighted by Gasteiger charge is 2.27. The second-order valence-electron chi connectivity index (χ2n) is 4.54. The fourth-order valence-corrected chi connectivity index (χ4v) is 2.08. The molecule has 88 valence electrons. The van der Waals surface area contributed by atoms with Gasteiger partial charge in [-0.15, -0.1) is 0 Å². The van der Waals surface area contributed by atoms with E-state index in [1.807, 2.05) is 18.5 Å². The van der Waals surface area contributed by atoms with Gasteiger partial charge in [-0.2, -0.15) is 0 Å². The fourth-order valence-electron chi connectivity index (χ4n) is 2.08. The van der Waals surface area contributed by atoms with Crippen LogP contribution in [0.15, 0.2) is 37.1 Å². The van der Waals surface area contributed by atoms with Gasteiger partial charge in [-0.3, -0.25) is 4.98 Å². The molecule has 2 aromatic rings. The number of imidazole rings is 1. The molecule has 4 nitrogen and oxygen atoms in total. The lowest BCUT2D eigenvalue weighted by Gasteiger charge is -2.13. The van der Waals surface area contributed by atoms with Gasteiger partial charge in [0.15, 0.2) is 0 Å². The van der Waals surface area contributed by atoms with Gasteiger partial charge >= 0.3 is 0 Å². The van der Waals surface area contributed by atoms with E-state index >= 15 is 0 Å². The van der Waals surface area contributed by atoms with Crippen molar-refractivity contribution in [2.45, 2.75) is 31.4 Å². The topological polar surface area (TPSA) is 50.9 Å². The van der Waals surface area contributed by atoms with Crippen LogP contribution in [0.25, 0.3) is 0 Å². The monoisotopic (exact) mass is 229 g/mol. The summed E-state index contributed by atoms with van der Waals surface area (Å²) >= 11 is 0. The van der Waals surface area contributed by atoms with Crippen molar-refractivity contribution in [2.24, 2.45) is 0 Å². The molecule has 4 heteroatoms. The van der Waals surface area contributed by atoms with Gasteiger partial charge in [0.25, 0.3) is 0 Å². The van der Waals surface area contributed by atoms with Gasteiger partial charge in [0.1, 0.15) is 0 Å². The molecule has 0 aromatic carbocycles. The van der Waals surface area contributed by atoms with E-state index in [-0.39, 0.29) is 0 Å². The summed E-state index contributed by atoms with van der Waals surface area (Å²) in [5.41, 5.74) is 1.96. The number of hydrogen-bond acceptors (Lipinski definition) is 3. The molecule has 1 atom stereocenters. The molecule has 0 spiro atoms. The molecule has 1 saturated carbocycles. The van der Waals surface area contributed by atoms with Crippen LogP contribution in [0.2, 0.25) is 0 Å². The van der Waals surface area contributed by atoms with Crippen LogP contribution < -0.4 is 0 Å². The van der Waals surface area contributed by atoms with Gasteiger partial charge in [-0.25, -0.2) is 4.98 Å². The maximum atomic E-state index is 10.2. The molecular formula is C13H15N3O. The third-order valence-electron chi connectivity index (χ3n) is 3.13. The number of aliphatic hydroxyl groups is 1. The fraction of sp³-hybridized carbons (Fsp3) is 0.385. The predicted octanol–water partition coefficient (Wildman–Crippen LogP) is 1.89. The first-order valence-electron chi connectivity index (χ1n) is 5.93. The van der Waals surface area contributed by atoms with Crippen molar-refractivity contribution < 1.29 is 5.11 Å². The summed E-state index contributed by atoms with van der Waals surface area (Å²) in [5.74, 6) is 0. The summed E-state index contributed by atoms with van der Waals surface area (Å²) in [7, 11) is 0. The maximum Gasteiger partial charge on any atom is 0.0996 e. The molecule has 3 rings (SSSR count). The molecule has 0 saturated heterocycles. The number of nitrogens with zero attached hydrogens (tertiary/aromatic N) is 3. The Kier molecular flexibility index (Phi) is 2.65. The van der Waals surface area contributed by atoms with Gasteiger partial charge in [-0.05, 0) is 24.5 Å². The Bertz CT molecular complexity index is 490. The van der Waals surface area contributed by atoms with Crippen LogP contribution in [0.1, 0.15) is 36.2 Å². The van der Waals surface area contributed by atoms with Gasteiger partial charge < -0.3 is 9.67 Å². The van der Waals surface area contributed by atoms with Crippen molar-refractivity contribution in [3.05, 3.63) is 48.3 Å². The zero-order valence-corrected chi connectivity index (χ0v) is 9.53. The largest absolute Gasteiger partial charge is 0.386 e. The smallest absolute Gasteiger partial charge is 0.0996 e. The number of pyridine rings is 1. The molecule has 2 aromatic heterocycles. The zero-order chi connectivity index (χ0) is 11.7. The average Bonchev–Trinajstić information content (AvgIpc) is 3.08. The normalized spacial score (nSPS) is 17.0. The molecule has 1 unspecified atom stereocenters. The SMILES string of the molecule is OC(Cc1cccnc1)c1cncn1C1CC1. The van der Waals surface area contributed by atoms with Crippen molar-refractivity contribution >= 4 is 0 Å². The second kappa shape index (κ2) is 4.30.